The van der Waals surface area contributed by atoms with Crippen molar-refractivity contribution >= 4 is 21.7 Å². The lowest BCUT2D eigenvalue weighted by molar-refractivity contribution is -0.348. The summed E-state index contributed by atoms with van der Waals surface area (Å²) in [5.41, 5.74) is -7.63. The van der Waals surface area contributed by atoms with E-state index in [-0.39, 0.29) is 61.2 Å². The number of aliphatic carboxylic acids is 1. The van der Waals surface area contributed by atoms with Crippen molar-refractivity contribution in [3.05, 3.63) is 65.7 Å². The molecular weight excluding hydrogens is 583 g/mol. The quantitative estimate of drug-likeness (QED) is 0.420. The van der Waals surface area contributed by atoms with Crippen molar-refractivity contribution in [3.8, 4) is 0 Å². The molecule has 2 fully saturated rings. The minimum Gasteiger partial charge on any atom is -0.481 e. The lowest BCUT2D eigenvalue weighted by Gasteiger charge is -2.33. The van der Waals surface area contributed by atoms with Gasteiger partial charge in [-0.05, 0) is 49.8 Å². The van der Waals surface area contributed by atoms with E-state index in [9.17, 15) is 53.8 Å². The Morgan fingerprint density at radius 3 is 1.80 bits per heavy atom. The third-order valence-electron chi connectivity index (χ3n) is 8.13. The van der Waals surface area contributed by atoms with E-state index in [0.29, 0.717) is 0 Å². The highest BCUT2D eigenvalue weighted by molar-refractivity contribution is 7.92. The molecule has 14 heteroatoms. The Labute approximate surface area is 231 Å². The van der Waals surface area contributed by atoms with Crippen LogP contribution >= 0.6 is 0 Å². The smallest absolute Gasteiger partial charge is 0.435 e. The molecule has 1 heterocycles. The van der Waals surface area contributed by atoms with Gasteiger partial charge in [0.15, 0.2) is 9.84 Å². The Balaban J connectivity index is 1.73. The van der Waals surface area contributed by atoms with Gasteiger partial charge >= 0.3 is 24.0 Å². The van der Waals surface area contributed by atoms with Gasteiger partial charge in [0, 0.05) is 24.6 Å². The maximum absolute atomic E-state index is 14.6. The molecule has 0 radical (unpaired) electrons. The molecule has 224 valence electrons. The van der Waals surface area contributed by atoms with Crippen molar-refractivity contribution in [2.24, 2.45) is 11.8 Å². The van der Waals surface area contributed by atoms with Crippen LogP contribution in [0.4, 0.5) is 30.7 Å². The molecule has 1 atom stereocenters. The number of carbonyl (C=O) groups excluding carboxylic acids is 1. The van der Waals surface area contributed by atoms with Crippen LogP contribution in [-0.4, -0.2) is 55.7 Å². The van der Waals surface area contributed by atoms with Gasteiger partial charge in [0.2, 0.25) is 5.91 Å². The number of likely N-dealkylation sites (tertiary alicyclic amines) is 1. The maximum Gasteiger partial charge on any atom is 0.435 e. The fourth-order valence-electron chi connectivity index (χ4n) is 5.74. The highest BCUT2D eigenvalue weighted by atomic mass is 32.2. The Hall–Kier alpha value is -3.16. The summed E-state index contributed by atoms with van der Waals surface area (Å²) in [6.07, 6.45) is -11.8. The molecule has 1 aliphatic carbocycles. The normalized spacial score (nSPS) is 24.3. The predicted octanol–water partition coefficient (Wildman–Crippen LogP) is 5.77. The molecule has 0 aromatic heterocycles. The first-order valence-corrected chi connectivity index (χ1v) is 14.2. The standard InChI is InChI=1S/C27H26F7NO5S/c28-25(26(29,30)31,27(32,33)34)20-12-10-19(11-13-20)24(41(39,40)21-4-2-1-3-5-21)14-15-35(16-24)22(36)17-6-8-18(9-7-17)23(37)38/h1-5,10-13,17-18H,6-9,14-16H2,(H,37,38). The van der Waals surface area contributed by atoms with Crippen LogP contribution in [0, 0.1) is 11.8 Å². The Kier molecular flexibility index (Phi) is 7.95. The molecule has 1 unspecified atom stereocenters. The summed E-state index contributed by atoms with van der Waals surface area (Å²) in [6, 6.07) is 8.99. The third kappa shape index (κ3) is 5.19. The monoisotopic (exact) mass is 609 g/mol. The van der Waals surface area contributed by atoms with Gasteiger partial charge in [0.1, 0.15) is 4.75 Å². The van der Waals surface area contributed by atoms with Crippen molar-refractivity contribution in [2.75, 3.05) is 13.1 Å². The van der Waals surface area contributed by atoms with Gasteiger partial charge in [0.25, 0.3) is 0 Å². The minimum absolute atomic E-state index is 0.0797. The molecule has 1 saturated carbocycles. The fourth-order valence-corrected chi connectivity index (χ4v) is 7.84. The zero-order valence-electron chi connectivity index (χ0n) is 21.4. The Bertz CT molecular complexity index is 1370. The van der Waals surface area contributed by atoms with Gasteiger partial charge in [-0.15, -0.1) is 0 Å². The van der Waals surface area contributed by atoms with E-state index >= 15 is 0 Å². The number of carboxylic acids is 1. The summed E-state index contributed by atoms with van der Waals surface area (Å²) < 4.78 is 120. The number of hydrogen-bond donors (Lipinski definition) is 1. The molecule has 1 amide bonds. The van der Waals surface area contributed by atoms with Crippen LogP contribution in [0.25, 0.3) is 0 Å². The Morgan fingerprint density at radius 2 is 1.32 bits per heavy atom. The maximum atomic E-state index is 14.6. The number of amides is 1. The van der Waals surface area contributed by atoms with Crippen LogP contribution in [0.3, 0.4) is 0 Å². The summed E-state index contributed by atoms with van der Waals surface area (Å²) in [7, 11) is -4.39. The SMILES string of the molecule is O=C(O)C1CCC(C(=O)N2CCC(c3ccc(C(F)(C(F)(F)F)C(F)(F)F)cc3)(S(=O)(=O)c3ccccc3)C2)CC1. The number of carbonyl (C=O) groups is 2. The van der Waals surface area contributed by atoms with Crippen molar-refractivity contribution in [1.82, 2.24) is 4.90 Å². The van der Waals surface area contributed by atoms with Gasteiger partial charge in [-0.3, -0.25) is 9.59 Å². The largest absolute Gasteiger partial charge is 0.481 e. The molecule has 2 aromatic rings. The van der Waals surface area contributed by atoms with Crippen LogP contribution in [0.15, 0.2) is 59.5 Å². The van der Waals surface area contributed by atoms with Gasteiger partial charge in [-0.25, -0.2) is 12.8 Å². The van der Waals surface area contributed by atoms with Crippen LogP contribution in [0.5, 0.6) is 0 Å². The second-order valence-corrected chi connectivity index (χ2v) is 12.7. The molecule has 41 heavy (non-hydrogen) atoms. The first kappa shape index (κ1) is 30.8. The summed E-state index contributed by atoms with van der Waals surface area (Å²) in [6.45, 7) is -0.524. The summed E-state index contributed by atoms with van der Waals surface area (Å²) in [5.74, 6) is -2.53. The number of halogens is 7. The molecular formula is C27H26F7NO5S. The van der Waals surface area contributed by atoms with Crippen molar-refractivity contribution < 1.29 is 53.8 Å². The summed E-state index contributed by atoms with van der Waals surface area (Å²) in [4.78, 5) is 25.7. The molecule has 1 aliphatic heterocycles. The number of sulfone groups is 1. The van der Waals surface area contributed by atoms with Gasteiger partial charge in [-0.2, -0.15) is 26.3 Å². The first-order chi connectivity index (χ1) is 19.0. The minimum atomic E-state index is -6.34. The van der Waals surface area contributed by atoms with E-state index < -0.39 is 68.4 Å². The average molecular weight is 610 g/mol. The molecule has 2 aliphatic rings. The van der Waals surface area contributed by atoms with Gasteiger partial charge in [-0.1, -0.05) is 42.5 Å². The number of nitrogens with zero attached hydrogens (tertiary/aromatic N) is 1. The second-order valence-electron chi connectivity index (χ2n) is 10.4. The molecule has 0 bridgehead atoms. The average Bonchev–Trinajstić information content (AvgIpc) is 3.39. The Morgan fingerprint density at radius 1 is 0.805 bits per heavy atom. The van der Waals surface area contributed by atoms with Crippen molar-refractivity contribution in [1.29, 1.82) is 0 Å². The first-order valence-electron chi connectivity index (χ1n) is 12.7. The number of carboxylic acid groups (broad SMARTS) is 1. The molecule has 1 N–H and O–H groups in total. The molecule has 0 spiro atoms. The zero-order valence-corrected chi connectivity index (χ0v) is 22.2. The van der Waals surface area contributed by atoms with Crippen molar-refractivity contribution in [2.45, 2.75) is 59.8 Å². The summed E-state index contributed by atoms with van der Waals surface area (Å²) >= 11 is 0. The van der Waals surface area contributed by atoms with Crippen LogP contribution < -0.4 is 0 Å². The zero-order chi connectivity index (χ0) is 30.4. The topological polar surface area (TPSA) is 91.8 Å². The highest BCUT2D eigenvalue weighted by Crippen LogP contribution is 2.54. The van der Waals surface area contributed by atoms with Gasteiger partial charge < -0.3 is 10.0 Å². The molecule has 6 nitrogen and oxygen atoms in total. The second kappa shape index (κ2) is 10.6. The van der Waals surface area contributed by atoms with Gasteiger partial charge in [0.05, 0.1) is 10.8 Å². The molecule has 1 saturated heterocycles. The number of rotatable bonds is 6. The molecule has 2 aromatic carbocycles. The van der Waals surface area contributed by atoms with Crippen molar-refractivity contribution in [3.63, 3.8) is 0 Å². The number of benzene rings is 2. The number of hydrogen-bond acceptors (Lipinski definition) is 4. The van der Waals surface area contributed by atoms with E-state index in [1.54, 1.807) is 6.07 Å². The lowest BCUT2D eigenvalue weighted by atomic mass is 9.81. The van der Waals surface area contributed by atoms with E-state index in [1.165, 1.54) is 29.2 Å². The van der Waals surface area contributed by atoms with E-state index in [1.807, 2.05) is 0 Å². The van der Waals surface area contributed by atoms with E-state index in [4.69, 9.17) is 0 Å². The van der Waals surface area contributed by atoms with Crippen LogP contribution in [0.1, 0.15) is 43.2 Å². The molecule has 4 rings (SSSR count). The van der Waals surface area contributed by atoms with Crippen LogP contribution in [-0.2, 0) is 29.8 Å². The van der Waals surface area contributed by atoms with E-state index in [2.05, 4.69) is 0 Å². The number of alkyl halides is 7. The third-order valence-corrected chi connectivity index (χ3v) is 10.6. The highest BCUT2D eigenvalue weighted by Gasteiger charge is 2.73. The van der Waals surface area contributed by atoms with Crippen LogP contribution in [0.2, 0.25) is 0 Å². The van der Waals surface area contributed by atoms with E-state index in [0.717, 1.165) is 12.1 Å². The fraction of sp³-hybridized carbons (Fsp3) is 0.481. The lowest BCUT2D eigenvalue weighted by Crippen LogP contribution is -2.50. The summed E-state index contributed by atoms with van der Waals surface area (Å²) in [5, 5.41) is 9.22. The predicted molar refractivity (Wildman–Crippen MR) is 131 cm³/mol.